The van der Waals surface area contributed by atoms with Crippen LogP contribution >= 0.6 is 0 Å². The predicted molar refractivity (Wildman–Crippen MR) is 61.2 cm³/mol. The van der Waals surface area contributed by atoms with E-state index in [9.17, 15) is 57.5 Å². The van der Waals surface area contributed by atoms with E-state index >= 15 is 0 Å². The van der Waals surface area contributed by atoms with Crippen molar-refractivity contribution in [2.24, 2.45) is 5.92 Å². The first-order valence-electron chi connectivity index (χ1n) is 6.62. The molecule has 2 nitrogen and oxygen atoms in total. The number of ether oxygens (including phenoxy) is 1. The molecule has 0 amide bonds. The Balaban J connectivity index is 5.51. The lowest BCUT2D eigenvalue weighted by Crippen LogP contribution is -2.70. The predicted octanol–water partition coefficient (Wildman–Crippen LogP) is 5.02. The summed E-state index contributed by atoms with van der Waals surface area (Å²) in [5.74, 6) is -16.6. The molecule has 0 spiro atoms. The van der Waals surface area contributed by atoms with Gasteiger partial charge in [0.25, 0.3) is 0 Å². The van der Waals surface area contributed by atoms with Crippen LogP contribution in [-0.2, 0) is 9.53 Å². The van der Waals surface area contributed by atoms with Gasteiger partial charge in [0.1, 0.15) is 6.17 Å². The minimum atomic E-state index is -7.55. The molecule has 156 valence electrons. The van der Waals surface area contributed by atoms with Crippen LogP contribution in [0.5, 0.6) is 0 Å². The highest BCUT2D eigenvalue weighted by atomic mass is 19.4. The standard InChI is InChI=1S/C12H12F12O2/c1-5(6(2)13)7(25)26-4-3-8(14,15)10(17,18)9(16,11(19,20)21)12(22,23)24/h5-6H,3-4H2,1-2H3. The summed E-state index contributed by atoms with van der Waals surface area (Å²) in [6.07, 6.45) is -19.3. The molecule has 0 rings (SSSR count). The molecule has 0 N–H and O–H groups in total. The van der Waals surface area contributed by atoms with E-state index in [4.69, 9.17) is 0 Å². The van der Waals surface area contributed by atoms with Crippen LogP contribution in [0.3, 0.4) is 0 Å². The summed E-state index contributed by atoms with van der Waals surface area (Å²) in [5.41, 5.74) is -7.55. The van der Waals surface area contributed by atoms with Gasteiger partial charge in [-0.2, -0.15) is 43.9 Å². The second kappa shape index (κ2) is 7.33. The Morgan fingerprint density at radius 2 is 1.23 bits per heavy atom. The van der Waals surface area contributed by atoms with Gasteiger partial charge in [-0.3, -0.25) is 4.79 Å². The van der Waals surface area contributed by atoms with Gasteiger partial charge < -0.3 is 4.74 Å². The van der Waals surface area contributed by atoms with E-state index in [1.165, 1.54) is 0 Å². The molecule has 0 aliphatic carbocycles. The molecule has 2 unspecified atom stereocenters. The van der Waals surface area contributed by atoms with Crippen molar-refractivity contribution < 1.29 is 62.2 Å². The molecule has 0 aliphatic heterocycles. The van der Waals surface area contributed by atoms with Gasteiger partial charge in [0, 0.05) is 0 Å². The van der Waals surface area contributed by atoms with Crippen molar-refractivity contribution in [3.63, 3.8) is 0 Å². The van der Waals surface area contributed by atoms with Gasteiger partial charge in [-0.05, 0) is 13.8 Å². The van der Waals surface area contributed by atoms with Crippen molar-refractivity contribution in [2.75, 3.05) is 6.61 Å². The van der Waals surface area contributed by atoms with E-state index in [0.717, 1.165) is 13.8 Å². The maximum absolute atomic E-state index is 13.3. The first kappa shape index (κ1) is 24.6. The molecular formula is C12H12F12O2. The number of halogens is 12. The van der Waals surface area contributed by atoms with Crippen molar-refractivity contribution in [1.29, 1.82) is 0 Å². The van der Waals surface area contributed by atoms with E-state index in [2.05, 4.69) is 4.74 Å². The van der Waals surface area contributed by atoms with Crippen molar-refractivity contribution in [2.45, 2.75) is 56.3 Å². The van der Waals surface area contributed by atoms with E-state index < -0.39 is 61.0 Å². The van der Waals surface area contributed by atoms with Gasteiger partial charge in [-0.1, -0.05) is 0 Å². The van der Waals surface area contributed by atoms with E-state index in [-0.39, 0.29) is 0 Å². The Labute approximate surface area is 138 Å². The molecule has 0 aromatic heterocycles. The highest BCUT2D eigenvalue weighted by molar-refractivity contribution is 5.72. The molecular weight excluding hydrogens is 404 g/mol. The molecule has 0 bridgehead atoms. The third kappa shape index (κ3) is 4.30. The topological polar surface area (TPSA) is 26.3 Å². The molecule has 0 aliphatic rings. The molecule has 0 saturated carbocycles. The van der Waals surface area contributed by atoms with Gasteiger partial charge >= 0.3 is 35.8 Å². The fourth-order valence-electron chi connectivity index (χ4n) is 1.52. The quantitative estimate of drug-likeness (QED) is 0.431. The maximum atomic E-state index is 13.3. The lowest BCUT2D eigenvalue weighted by atomic mass is 9.89. The van der Waals surface area contributed by atoms with Crippen LogP contribution in [0.15, 0.2) is 0 Å². The highest BCUT2D eigenvalue weighted by Crippen LogP contribution is 2.59. The molecule has 2 atom stereocenters. The van der Waals surface area contributed by atoms with Gasteiger partial charge in [0.2, 0.25) is 0 Å². The molecule has 0 heterocycles. The Morgan fingerprint density at radius 1 is 0.846 bits per heavy atom. The molecule has 0 saturated heterocycles. The fourth-order valence-corrected chi connectivity index (χ4v) is 1.52. The first-order chi connectivity index (χ1) is 11.2. The zero-order valence-corrected chi connectivity index (χ0v) is 12.9. The summed E-state index contributed by atoms with van der Waals surface area (Å²) < 4.78 is 157. The Bertz CT molecular complexity index is 479. The van der Waals surface area contributed by atoms with Crippen LogP contribution < -0.4 is 0 Å². The van der Waals surface area contributed by atoms with E-state index in [1.54, 1.807) is 0 Å². The molecule has 0 aromatic carbocycles. The van der Waals surface area contributed by atoms with Crippen LogP contribution in [0.25, 0.3) is 0 Å². The largest absolute Gasteiger partial charge is 0.465 e. The average molecular weight is 416 g/mol. The van der Waals surface area contributed by atoms with Crippen LogP contribution in [0.2, 0.25) is 0 Å². The molecule has 26 heavy (non-hydrogen) atoms. The average Bonchev–Trinajstić information content (AvgIpc) is 2.42. The lowest BCUT2D eigenvalue weighted by molar-refractivity contribution is -0.427. The summed E-state index contributed by atoms with van der Waals surface area (Å²) in [4.78, 5) is 11.1. The van der Waals surface area contributed by atoms with Crippen molar-refractivity contribution in [3.8, 4) is 0 Å². The number of carbonyl (C=O) groups excluding carboxylic acids is 1. The second-order valence-electron chi connectivity index (χ2n) is 5.32. The summed E-state index contributed by atoms with van der Waals surface area (Å²) in [5, 5.41) is 0. The van der Waals surface area contributed by atoms with Crippen molar-refractivity contribution in [1.82, 2.24) is 0 Å². The van der Waals surface area contributed by atoms with Gasteiger partial charge in [-0.25, -0.2) is 8.78 Å². The fraction of sp³-hybridized carbons (Fsp3) is 0.917. The second-order valence-corrected chi connectivity index (χ2v) is 5.32. The third-order valence-electron chi connectivity index (χ3n) is 3.39. The third-order valence-corrected chi connectivity index (χ3v) is 3.39. The Morgan fingerprint density at radius 3 is 1.54 bits per heavy atom. The number of esters is 1. The van der Waals surface area contributed by atoms with Gasteiger partial charge in [0.05, 0.1) is 18.9 Å². The number of alkyl halides is 12. The zero-order chi connectivity index (χ0) is 21.4. The summed E-state index contributed by atoms with van der Waals surface area (Å²) in [7, 11) is 0. The van der Waals surface area contributed by atoms with Crippen LogP contribution in [0.4, 0.5) is 52.7 Å². The minimum absolute atomic E-state index is 0.832. The summed E-state index contributed by atoms with van der Waals surface area (Å²) in [6.45, 7) is -0.0806. The van der Waals surface area contributed by atoms with Gasteiger partial charge in [-0.15, -0.1) is 0 Å². The van der Waals surface area contributed by atoms with Crippen LogP contribution in [-0.4, -0.2) is 48.6 Å². The van der Waals surface area contributed by atoms with Gasteiger partial charge in [0.15, 0.2) is 0 Å². The smallest absolute Gasteiger partial charge is 0.438 e. The molecule has 14 heteroatoms. The number of hydrogen-bond acceptors (Lipinski definition) is 2. The van der Waals surface area contributed by atoms with Crippen LogP contribution in [0.1, 0.15) is 20.3 Å². The number of hydrogen-bond donors (Lipinski definition) is 0. The minimum Gasteiger partial charge on any atom is -0.465 e. The number of carbonyl (C=O) groups is 1. The highest BCUT2D eigenvalue weighted by Gasteiger charge is 2.89. The lowest BCUT2D eigenvalue weighted by Gasteiger charge is -2.39. The van der Waals surface area contributed by atoms with Crippen molar-refractivity contribution in [3.05, 3.63) is 0 Å². The number of rotatable bonds is 7. The molecule has 0 fully saturated rings. The molecule has 0 radical (unpaired) electrons. The first-order valence-corrected chi connectivity index (χ1v) is 6.62. The van der Waals surface area contributed by atoms with Crippen LogP contribution in [0, 0.1) is 5.92 Å². The Kier molecular flexibility index (Phi) is 6.94. The SMILES string of the molecule is CC(F)C(C)C(=O)OCCC(F)(F)C(F)(F)C(F)(C(F)(F)F)C(F)(F)F. The zero-order valence-electron chi connectivity index (χ0n) is 12.9. The summed E-state index contributed by atoms with van der Waals surface area (Å²) in [6, 6.07) is 0. The monoisotopic (exact) mass is 416 g/mol. The van der Waals surface area contributed by atoms with Crippen molar-refractivity contribution >= 4 is 5.97 Å². The maximum Gasteiger partial charge on any atom is 0.438 e. The van der Waals surface area contributed by atoms with E-state index in [0.29, 0.717) is 0 Å². The van der Waals surface area contributed by atoms with E-state index in [1.807, 2.05) is 0 Å². The molecule has 0 aromatic rings. The summed E-state index contributed by atoms with van der Waals surface area (Å²) >= 11 is 0. The normalized spacial score (nSPS) is 17.0. The Hall–Kier alpha value is -1.37.